The average Bonchev–Trinajstić information content (AvgIpc) is 2.69. The number of carbonyl (C=O) groups is 1. The predicted octanol–water partition coefficient (Wildman–Crippen LogP) is 3.28. The number of rotatable bonds is 7. The number of hydrogen-bond acceptors (Lipinski definition) is 3. The van der Waals surface area contributed by atoms with Gasteiger partial charge in [0.05, 0.1) is 6.54 Å². The standard InChI is InChI=1S/C21H27FN4O2.HI/c1-15(28-19-8-6-5-7-18(19)22)13-24-21(23-2)25-14-16-9-11-17(12-10-16)20(27)26(3)4;/h5-12,15H,13-14H2,1-4H3,(H2,23,24,25);1H. The van der Waals surface area contributed by atoms with Crippen LogP contribution >= 0.6 is 24.0 Å². The smallest absolute Gasteiger partial charge is 0.253 e. The van der Waals surface area contributed by atoms with Gasteiger partial charge < -0.3 is 20.3 Å². The highest BCUT2D eigenvalue weighted by molar-refractivity contribution is 14.0. The van der Waals surface area contributed by atoms with Crippen LogP contribution in [0.4, 0.5) is 4.39 Å². The van der Waals surface area contributed by atoms with E-state index in [4.69, 9.17) is 4.74 Å². The lowest BCUT2D eigenvalue weighted by Gasteiger charge is -2.18. The maximum Gasteiger partial charge on any atom is 0.253 e. The topological polar surface area (TPSA) is 66.0 Å². The highest BCUT2D eigenvalue weighted by Crippen LogP contribution is 2.16. The van der Waals surface area contributed by atoms with Gasteiger partial charge in [-0.1, -0.05) is 24.3 Å². The Labute approximate surface area is 188 Å². The summed E-state index contributed by atoms with van der Waals surface area (Å²) < 4.78 is 19.2. The zero-order valence-electron chi connectivity index (χ0n) is 17.1. The van der Waals surface area contributed by atoms with Gasteiger partial charge in [0.15, 0.2) is 17.5 Å². The molecule has 0 bridgehead atoms. The molecule has 1 unspecified atom stereocenters. The molecule has 0 saturated carbocycles. The molecule has 0 radical (unpaired) electrons. The van der Waals surface area contributed by atoms with Gasteiger partial charge in [0.1, 0.15) is 6.10 Å². The lowest BCUT2D eigenvalue weighted by atomic mass is 10.1. The number of nitrogens with one attached hydrogen (secondary N) is 2. The van der Waals surface area contributed by atoms with Crippen LogP contribution in [-0.4, -0.2) is 50.6 Å². The second kappa shape index (κ2) is 12.3. The van der Waals surface area contributed by atoms with Gasteiger partial charge in [-0.25, -0.2) is 4.39 Å². The Bertz CT molecular complexity index is 813. The van der Waals surface area contributed by atoms with E-state index in [2.05, 4.69) is 15.6 Å². The number of hydrogen-bond donors (Lipinski definition) is 2. The fourth-order valence-corrected chi connectivity index (χ4v) is 2.47. The molecular weight excluding hydrogens is 486 g/mol. The van der Waals surface area contributed by atoms with Crippen molar-refractivity contribution in [2.24, 2.45) is 4.99 Å². The summed E-state index contributed by atoms with van der Waals surface area (Å²) in [7, 11) is 5.13. The lowest BCUT2D eigenvalue weighted by Crippen LogP contribution is -2.41. The highest BCUT2D eigenvalue weighted by Gasteiger charge is 2.10. The number of nitrogens with zero attached hydrogens (tertiary/aromatic N) is 2. The highest BCUT2D eigenvalue weighted by atomic mass is 127. The van der Waals surface area contributed by atoms with Crippen molar-refractivity contribution in [2.45, 2.75) is 19.6 Å². The Morgan fingerprint density at radius 1 is 1.14 bits per heavy atom. The fraction of sp³-hybridized carbons (Fsp3) is 0.333. The third kappa shape index (κ3) is 7.88. The Hall–Kier alpha value is -2.36. The number of benzene rings is 2. The summed E-state index contributed by atoms with van der Waals surface area (Å²) in [4.78, 5) is 17.6. The zero-order chi connectivity index (χ0) is 20.5. The Morgan fingerprint density at radius 2 is 1.79 bits per heavy atom. The molecule has 29 heavy (non-hydrogen) atoms. The van der Waals surface area contributed by atoms with Crippen molar-refractivity contribution in [1.82, 2.24) is 15.5 Å². The van der Waals surface area contributed by atoms with Gasteiger partial charge in [0.2, 0.25) is 0 Å². The number of para-hydroxylation sites is 1. The van der Waals surface area contributed by atoms with E-state index in [-0.39, 0.29) is 47.6 Å². The van der Waals surface area contributed by atoms with Crippen LogP contribution in [0, 0.1) is 5.82 Å². The molecule has 0 aliphatic heterocycles. The minimum atomic E-state index is -0.381. The largest absolute Gasteiger partial charge is 0.486 e. The molecule has 0 fully saturated rings. The molecule has 0 spiro atoms. The van der Waals surface area contributed by atoms with Crippen molar-refractivity contribution < 1.29 is 13.9 Å². The fourth-order valence-electron chi connectivity index (χ4n) is 2.47. The van der Waals surface area contributed by atoms with Crippen LogP contribution in [0.1, 0.15) is 22.8 Å². The molecule has 0 aromatic heterocycles. The second-order valence-corrected chi connectivity index (χ2v) is 6.56. The summed E-state index contributed by atoms with van der Waals surface area (Å²) in [6.45, 7) is 2.87. The summed E-state index contributed by atoms with van der Waals surface area (Å²) in [5.74, 6) is 0.429. The first-order chi connectivity index (χ1) is 13.4. The minimum Gasteiger partial charge on any atom is -0.486 e. The maximum atomic E-state index is 13.6. The molecule has 8 heteroatoms. The molecule has 1 atom stereocenters. The SMILES string of the molecule is CN=C(NCc1ccc(C(=O)N(C)C)cc1)NCC(C)Oc1ccccc1F.I. The molecule has 2 aromatic carbocycles. The molecular formula is C21H28FIN4O2. The summed E-state index contributed by atoms with van der Waals surface area (Å²) >= 11 is 0. The van der Waals surface area contributed by atoms with E-state index in [1.165, 1.54) is 6.07 Å². The third-order valence-corrected chi connectivity index (χ3v) is 4.01. The van der Waals surface area contributed by atoms with E-state index >= 15 is 0 Å². The normalized spacial score (nSPS) is 11.8. The first kappa shape index (κ1) is 24.7. The van der Waals surface area contributed by atoms with Crippen molar-refractivity contribution in [3.05, 3.63) is 65.5 Å². The number of guanidine groups is 1. The first-order valence-electron chi connectivity index (χ1n) is 9.07. The van der Waals surface area contributed by atoms with Crippen LogP contribution in [0.15, 0.2) is 53.5 Å². The molecule has 6 nitrogen and oxygen atoms in total. The summed E-state index contributed by atoms with van der Waals surface area (Å²) in [5.41, 5.74) is 1.67. The van der Waals surface area contributed by atoms with E-state index in [1.807, 2.05) is 19.1 Å². The zero-order valence-corrected chi connectivity index (χ0v) is 19.4. The van der Waals surface area contributed by atoms with Crippen LogP contribution in [0.3, 0.4) is 0 Å². The molecule has 0 aliphatic carbocycles. The van der Waals surface area contributed by atoms with E-state index < -0.39 is 0 Å². The van der Waals surface area contributed by atoms with Crippen LogP contribution < -0.4 is 15.4 Å². The molecule has 0 saturated heterocycles. The van der Waals surface area contributed by atoms with Gasteiger partial charge in [-0.3, -0.25) is 9.79 Å². The Kier molecular flexibility index (Phi) is 10.4. The summed E-state index contributed by atoms with van der Waals surface area (Å²) in [6.07, 6.45) is -0.244. The Balaban J connectivity index is 0.00000420. The molecule has 0 aliphatic rings. The Morgan fingerprint density at radius 3 is 2.38 bits per heavy atom. The first-order valence-corrected chi connectivity index (χ1v) is 9.07. The molecule has 0 heterocycles. The number of ether oxygens (including phenoxy) is 1. The van der Waals surface area contributed by atoms with Crippen molar-refractivity contribution in [3.8, 4) is 5.75 Å². The van der Waals surface area contributed by atoms with Crippen LogP contribution in [0.2, 0.25) is 0 Å². The molecule has 2 aromatic rings. The van der Waals surface area contributed by atoms with E-state index in [0.717, 1.165) is 5.56 Å². The van der Waals surface area contributed by atoms with Crippen molar-refractivity contribution in [3.63, 3.8) is 0 Å². The van der Waals surface area contributed by atoms with Crippen LogP contribution in [-0.2, 0) is 6.54 Å². The van der Waals surface area contributed by atoms with E-state index in [0.29, 0.717) is 24.6 Å². The van der Waals surface area contributed by atoms with Gasteiger partial charge in [0.25, 0.3) is 5.91 Å². The monoisotopic (exact) mass is 514 g/mol. The quantitative estimate of drug-likeness (QED) is 0.338. The van der Waals surface area contributed by atoms with Crippen molar-refractivity contribution in [2.75, 3.05) is 27.7 Å². The summed E-state index contributed by atoms with van der Waals surface area (Å²) in [6, 6.07) is 13.7. The number of aliphatic imine (C=N–C) groups is 1. The number of halogens is 2. The van der Waals surface area contributed by atoms with Gasteiger partial charge in [-0.15, -0.1) is 24.0 Å². The number of carbonyl (C=O) groups excluding carboxylic acids is 1. The third-order valence-electron chi connectivity index (χ3n) is 4.01. The summed E-state index contributed by atoms with van der Waals surface area (Å²) in [5, 5.41) is 6.36. The maximum absolute atomic E-state index is 13.6. The van der Waals surface area contributed by atoms with E-state index in [1.54, 1.807) is 56.4 Å². The van der Waals surface area contributed by atoms with Gasteiger partial charge in [-0.05, 0) is 36.8 Å². The van der Waals surface area contributed by atoms with Gasteiger partial charge >= 0.3 is 0 Å². The minimum absolute atomic E-state index is 0. The molecule has 1 amide bonds. The molecule has 2 rings (SSSR count). The predicted molar refractivity (Wildman–Crippen MR) is 125 cm³/mol. The lowest BCUT2D eigenvalue weighted by molar-refractivity contribution is 0.0827. The van der Waals surface area contributed by atoms with Crippen LogP contribution in [0.5, 0.6) is 5.75 Å². The van der Waals surface area contributed by atoms with Gasteiger partial charge in [-0.2, -0.15) is 0 Å². The molecule has 2 N–H and O–H groups in total. The molecule has 158 valence electrons. The average molecular weight is 514 g/mol. The van der Waals surface area contributed by atoms with E-state index in [9.17, 15) is 9.18 Å². The number of amides is 1. The van der Waals surface area contributed by atoms with Gasteiger partial charge in [0, 0.05) is 33.3 Å². The second-order valence-electron chi connectivity index (χ2n) is 6.56. The van der Waals surface area contributed by atoms with Crippen molar-refractivity contribution >= 4 is 35.8 Å². The van der Waals surface area contributed by atoms with Crippen LogP contribution in [0.25, 0.3) is 0 Å². The van der Waals surface area contributed by atoms with Crippen molar-refractivity contribution in [1.29, 1.82) is 0 Å².